The monoisotopic (exact) mass is 442 g/mol. The van der Waals surface area contributed by atoms with E-state index in [1.165, 1.54) is 16.7 Å². The lowest BCUT2D eigenvalue weighted by molar-refractivity contribution is 0.0697. The lowest BCUT2D eigenvalue weighted by Gasteiger charge is -2.16. The van der Waals surface area contributed by atoms with Gasteiger partial charge in [-0.05, 0) is 88.6 Å². The van der Waals surface area contributed by atoms with Crippen LogP contribution in [0.1, 0.15) is 44.1 Å². The summed E-state index contributed by atoms with van der Waals surface area (Å²) in [5, 5.41) is 9.11. The number of methoxy groups -OCH3 is 2. The number of aromatic carboxylic acids is 1. The van der Waals surface area contributed by atoms with Crippen LogP contribution in [0.4, 0.5) is 4.39 Å². The number of hydrogen-bond acceptors (Lipinski definition) is 3. The summed E-state index contributed by atoms with van der Waals surface area (Å²) in [4.78, 5) is 11.1. The van der Waals surface area contributed by atoms with Gasteiger partial charge in [-0.1, -0.05) is 18.2 Å². The average Bonchev–Trinajstić information content (AvgIpc) is 3.66. The average molecular weight is 442 g/mol. The van der Waals surface area contributed by atoms with Gasteiger partial charge in [-0.25, -0.2) is 9.18 Å². The molecule has 166 valence electrons. The Labute approximate surface area is 191 Å². The highest BCUT2D eigenvalue weighted by atomic mass is 19.1. The molecule has 0 radical (unpaired) electrons. The number of hydrogen-bond donors (Lipinski definition) is 1. The molecule has 6 rings (SSSR count). The zero-order chi connectivity index (χ0) is 22.9. The van der Waals surface area contributed by atoms with E-state index in [0.717, 1.165) is 46.6 Å². The van der Waals surface area contributed by atoms with E-state index in [1.54, 1.807) is 32.4 Å². The molecule has 1 N–H and O–H groups in total. The van der Waals surface area contributed by atoms with Crippen molar-refractivity contribution in [2.24, 2.45) is 0 Å². The molecule has 0 amide bonds. The van der Waals surface area contributed by atoms with Crippen molar-refractivity contribution in [3.63, 3.8) is 0 Å². The smallest absolute Gasteiger partial charge is 0.335 e. The maximum atomic E-state index is 14.8. The number of ether oxygens (including phenoxy) is 2. The Morgan fingerprint density at radius 3 is 2.36 bits per heavy atom. The highest BCUT2D eigenvalue weighted by Crippen LogP contribution is 2.86. The molecule has 2 atom stereocenters. The number of carboxylic acid groups (broad SMARTS) is 1. The number of fused-ring (bicyclic) bond motifs is 1. The molecule has 4 nitrogen and oxygen atoms in total. The Bertz CT molecular complexity index is 1330. The van der Waals surface area contributed by atoms with Crippen molar-refractivity contribution >= 4 is 5.97 Å². The lowest BCUT2D eigenvalue weighted by Crippen LogP contribution is -2.08. The highest BCUT2D eigenvalue weighted by Gasteiger charge is 2.80. The van der Waals surface area contributed by atoms with Crippen LogP contribution in [0.25, 0.3) is 0 Å². The first-order chi connectivity index (χ1) is 16.0. The molecule has 33 heavy (non-hydrogen) atoms. The van der Waals surface area contributed by atoms with Gasteiger partial charge < -0.3 is 14.6 Å². The zero-order valence-corrected chi connectivity index (χ0v) is 18.4. The van der Waals surface area contributed by atoms with Crippen LogP contribution in [0, 0.1) is 5.82 Å². The minimum Gasteiger partial charge on any atom is -0.497 e. The molecule has 0 aromatic heterocycles. The molecule has 3 aliphatic carbocycles. The number of carbonyl (C=O) groups is 1. The van der Waals surface area contributed by atoms with E-state index < -0.39 is 5.97 Å². The van der Waals surface area contributed by atoms with Crippen molar-refractivity contribution < 1.29 is 23.8 Å². The van der Waals surface area contributed by atoms with E-state index in [4.69, 9.17) is 14.6 Å². The Balaban J connectivity index is 1.31. The van der Waals surface area contributed by atoms with Gasteiger partial charge >= 0.3 is 5.97 Å². The molecular weight excluding hydrogens is 419 g/mol. The second kappa shape index (κ2) is 6.95. The van der Waals surface area contributed by atoms with Gasteiger partial charge in [0.2, 0.25) is 0 Å². The highest BCUT2D eigenvalue weighted by molar-refractivity contribution is 5.90. The number of benzene rings is 3. The molecule has 3 aromatic carbocycles. The third kappa shape index (κ3) is 2.78. The summed E-state index contributed by atoms with van der Waals surface area (Å²) < 4.78 is 25.7. The minimum atomic E-state index is -0.925. The maximum absolute atomic E-state index is 14.8. The standard InChI is InChI=1S/C28H23FO4/c1-32-19-11-18(12-20(13-19)33-2)25-26-22-14-21-23(29)10-9-16(24(21)28(22,25)26)6-3-15-4-7-17(8-5-15)27(30)31/h4-5,7-13,25H,3,6,14H2,1-2H3,(H,30,31)/t25?,28-/m0/s1. The Hall–Kier alpha value is -3.60. The predicted octanol–water partition coefficient (Wildman–Crippen LogP) is 5.23. The van der Waals surface area contributed by atoms with Gasteiger partial charge in [0, 0.05) is 17.4 Å². The zero-order valence-electron chi connectivity index (χ0n) is 18.4. The molecule has 1 spiro atoms. The molecule has 0 saturated heterocycles. The summed E-state index contributed by atoms with van der Waals surface area (Å²) in [6.07, 6.45) is 2.26. The van der Waals surface area contributed by atoms with Crippen LogP contribution in [0.15, 0.2) is 65.7 Å². The number of carboxylic acids is 1. The topological polar surface area (TPSA) is 55.8 Å². The number of rotatable bonds is 7. The van der Waals surface area contributed by atoms with Crippen LogP contribution >= 0.6 is 0 Å². The molecule has 0 heterocycles. The van der Waals surface area contributed by atoms with Crippen molar-refractivity contribution in [1.29, 1.82) is 0 Å². The third-order valence-corrected chi connectivity index (χ3v) is 7.48. The molecule has 0 aliphatic heterocycles. The SMILES string of the molecule is COc1cc(OC)cc(C2C3=C4Cc5c(F)ccc(CCc6ccc(C(=O)O)cc6)c5[C@]432)c1. The van der Waals surface area contributed by atoms with E-state index in [0.29, 0.717) is 6.42 Å². The van der Waals surface area contributed by atoms with Crippen molar-refractivity contribution in [3.8, 4) is 11.5 Å². The molecular formula is C28H23FO4. The summed E-state index contributed by atoms with van der Waals surface area (Å²) in [6, 6.07) is 16.5. The van der Waals surface area contributed by atoms with Gasteiger partial charge in [0.15, 0.2) is 0 Å². The fourth-order valence-corrected chi connectivity index (χ4v) is 5.86. The third-order valence-electron chi connectivity index (χ3n) is 7.48. The van der Waals surface area contributed by atoms with Crippen LogP contribution in [-0.4, -0.2) is 25.3 Å². The summed E-state index contributed by atoms with van der Waals surface area (Å²) in [7, 11) is 3.30. The quantitative estimate of drug-likeness (QED) is 0.509. The Morgan fingerprint density at radius 1 is 1.03 bits per heavy atom. The first-order valence-corrected chi connectivity index (χ1v) is 11.1. The first-order valence-electron chi connectivity index (χ1n) is 11.1. The van der Waals surface area contributed by atoms with Gasteiger partial charge in [0.25, 0.3) is 0 Å². The minimum absolute atomic E-state index is 0.114. The molecule has 5 heteroatoms. The molecule has 3 aromatic rings. The van der Waals surface area contributed by atoms with Crippen LogP contribution in [0.3, 0.4) is 0 Å². The molecule has 3 aliphatic rings. The fraction of sp³-hybridized carbons (Fsp3) is 0.250. The molecule has 1 unspecified atom stereocenters. The van der Waals surface area contributed by atoms with Crippen molar-refractivity contribution in [2.45, 2.75) is 30.6 Å². The van der Waals surface area contributed by atoms with E-state index >= 15 is 0 Å². The Morgan fingerprint density at radius 2 is 1.73 bits per heavy atom. The van der Waals surface area contributed by atoms with Crippen LogP contribution in [-0.2, 0) is 24.7 Å². The van der Waals surface area contributed by atoms with Gasteiger partial charge in [-0.3, -0.25) is 0 Å². The second-order valence-electron chi connectivity index (χ2n) is 9.02. The molecule has 1 saturated carbocycles. The summed E-state index contributed by atoms with van der Waals surface area (Å²) >= 11 is 0. The number of allylic oxidation sites excluding steroid dienone is 2. The second-order valence-corrected chi connectivity index (χ2v) is 9.02. The molecule has 0 bridgehead atoms. The Kier molecular flexibility index (Phi) is 4.22. The van der Waals surface area contributed by atoms with Crippen molar-refractivity contribution in [2.75, 3.05) is 14.2 Å². The number of halogens is 1. The number of aryl methyl sites for hydroxylation is 2. The fourth-order valence-electron chi connectivity index (χ4n) is 5.86. The van der Waals surface area contributed by atoms with Crippen molar-refractivity contribution in [3.05, 3.63) is 105 Å². The summed E-state index contributed by atoms with van der Waals surface area (Å²) in [5.74, 6) is 0.731. The van der Waals surface area contributed by atoms with Gasteiger partial charge in [0.1, 0.15) is 17.3 Å². The maximum Gasteiger partial charge on any atom is 0.335 e. The van der Waals surface area contributed by atoms with Crippen LogP contribution in [0.2, 0.25) is 0 Å². The van der Waals surface area contributed by atoms with Crippen LogP contribution in [0.5, 0.6) is 11.5 Å². The van der Waals surface area contributed by atoms with E-state index in [2.05, 4.69) is 12.1 Å². The van der Waals surface area contributed by atoms with E-state index in [9.17, 15) is 9.18 Å². The van der Waals surface area contributed by atoms with Gasteiger partial charge in [-0.2, -0.15) is 0 Å². The largest absolute Gasteiger partial charge is 0.497 e. The van der Waals surface area contributed by atoms with Gasteiger partial charge in [0.05, 0.1) is 19.8 Å². The summed E-state index contributed by atoms with van der Waals surface area (Å²) in [6.45, 7) is 0. The summed E-state index contributed by atoms with van der Waals surface area (Å²) in [5.41, 5.74) is 8.37. The van der Waals surface area contributed by atoms with Gasteiger partial charge in [-0.15, -0.1) is 0 Å². The van der Waals surface area contributed by atoms with E-state index in [-0.39, 0.29) is 22.7 Å². The molecule has 1 fully saturated rings. The van der Waals surface area contributed by atoms with Crippen LogP contribution < -0.4 is 9.47 Å². The lowest BCUT2D eigenvalue weighted by atomic mass is 9.88. The predicted molar refractivity (Wildman–Crippen MR) is 122 cm³/mol. The first kappa shape index (κ1) is 20.0. The normalized spacial score (nSPS) is 21.2. The van der Waals surface area contributed by atoms with E-state index in [1.807, 2.05) is 24.3 Å². The van der Waals surface area contributed by atoms with Crippen molar-refractivity contribution in [1.82, 2.24) is 0 Å².